The molecule has 0 saturated carbocycles. The lowest BCUT2D eigenvalue weighted by molar-refractivity contribution is -0.583. The number of hydrogen-bond acceptors (Lipinski definition) is 5. The average molecular weight is 136 g/mol. The van der Waals surface area contributed by atoms with E-state index in [2.05, 4.69) is 9.93 Å². The maximum absolute atomic E-state index is 7.81. The third kappa shape index (κ3) is 1.60. The van der Waals surface area contributed by atoms with E-state index in [-0.39, 0.29) is 0 Å². The van der Waals surface area contributed by atoms with Gasteiger partial charge in [-0.15, -0.1) is 4.89 Å². The van der Waals surface area contributed by atoms with Crippen LogP contribution in [0.1, 0.15) is 6.92 Å². The third-order valence-corrected chi connectivity index (χ3v) is 1.00. The predicted molar refractivity (Wildman–Crippen MR) is 25.1 cm³/mol. The molecule has 0 amide bonds. The summed E-state index contributed by atoms with van der Waals surface area (Å²) in [5.41, 5.74) is 0. The Bertz CT molecular complexity index is 87.0. The van der Waals surface area contributed by atoms with Gasteiger partial charge >= 0.3 is 5.97 Å². The molecular formula is C4H8O5. The molecule has 5 heteroatoms. The van der Waals surface area contributed by atoms with Crippen LogP contribution in [0.15, 0.2) is 0 Å². The van der Waals surface area contributed by atoms with Crippen molar-refractivity contribution in [3.63, 3.8) is 0 Å². The lowest BCUT2D eigenvalue weighted by Gasteiger charge is -2.16. The highest BCUT2D eigenvalue weighted by molar-refractivity contribution is 4.51. The van der Waals surface area contributed by atoms with Gasteiger partial charge < -0.3 is 9.47 Å². The van der Waals surface area contributed by atoms with Crippen molar-refractivity contribution in [2.75, 3.05) is 13.2 Å². The molecule has 0 atom stereocenters. The Morgan fingerprint density at radius 3 is 2.44 bits per heavy atom. The molecule has 1 saturated heterocycles. The quantitative estimate of drug-likeness (QED) is 0.432. The number of hydrogen-bond donors (Lipinski definition) is 1. The van der Waals surface area contributed by atoms with E-state index >= 15 is 0 Å². The van der Waals surface area contributed by atoms with Crippen LogP contribution in [0.2, 0.25) is 0 Å². The summed E-state index contributed by atoms with van der Waals surface area (Å²) < 4.78 is 9.70. The predicted octanol–water partition coefficient (Wildman–Crippen LogP) is 0.128. The molecule has 54 valence electrons. The largest absolute Gasteiger partial charge is 0.323 e. The maximum atomic E-state index is 7.81. The Balaban J connectivity index is 2.32. The van der Waals surface area contributed by atoms with Crippen LogP contribution in [0.3, 0.4) is 0 Å². The summed E-state index contributed by atoms with van der Waals surface area (Å²) in [6.07, 6.45) is 0. The first-order valence-corrected chi connectivity index (χ1v) is 2.54. The zero-order valence-electron chi connectivity index (χ0n) is 4.99. The normalized spacial score (nSPS) is 24.7. The van der Waals surface area contributed by atoms with Crippen molar-refractivity contribution in [2.45, 2.75) is 12.9 Å². The summed E-state index contributed by atoms with van der Waals surface area (Å²) in [7, 11) is 0. The topological polar surface area (TPSA) is 57.2 Å². The summed E-state index contributed by atoms with van der Waals surface area (Å²) in [6.45, 7) is 2.38. The molecule has 1 aliphatic heterocycles. The molecule has 0 aromatic heterocycles. The fourth-order valence-corrected chi connectivity index (χ4v) is 0.612. The minimum Gasteiger partial charge on any atom is -0.323 e. The van der Waals surface area contributed by atoms with Crippen molar-refractivity contribution in [1.29, 1.82) is 0 Å². The smallest absolute Gasteiger partial charge is 0.312 e. The molecule has 0 bridgehead atoms. The van der Waals surface area contributed by atoms with Gasteiger partial charge in [0.2, 0.25) is 0 Å². The Kier molecular flexibility index (Phi) is 1.99. The molecule has 1 N–H and O–H groups in total. The summed E-state index contributed by atoms with van der Waals surface area (Å²) >= 11 is 0. The summed E-state index contributed by atoms with van der Waals surface area (Å²) in [5, 5.41) is 11.2. The van der Waals surface area contributed by atoms with Gasteiger partial charge in [-0.25, -0.2) is 5.26 Å². The molecule has 1 rings (SSSR count). The molecule has 0 radical (unpaired) electrons. The number of rotatable bonds is 2. The van der Waals surface area contributed by atoms with Gasteiger partial charge in [0.05, 0.1) is 13.2 Å². The van der Waals surface area contributed by atoms with E-state index in [0.717, 1.165) is 0 Å². The second kappa shape index (κ2) is 2.59. The van der Waals surface area contributed by atoms with Gasteiger partial charge in [-0.2, -0.15) is 0 Å². The molecule has 1 aliphatic rings. The molecule has 9 heavy (non-hydrogen) atoms. The Hall–Kier alpha value is -0.200. The van der Waals surface area contributed by atoms with E-state index in [0.29, 0.717) is 13.2 Å². The minimum atomic E-state index is -1.23. The van der Waals surface area contributed by atoms with Gasteiger partial charge in [-0.05, 0) is 0 Å². The van der Waals surface area contributed by atoms with Gasteiger partial charge in [0, 0.05) is 6.92 Å². The Labute approximate surface area is 51.9 Å². The summed E-state index contributed by atoms with van der Waals surface area (Å²) in [4.78, 5) is 4.20. The van der Waals surface area contributed by atoms with Gasteiger partial charge in [0.15, 0.2) is 0 Å². The molecular weight excluding hydrogens is 128 g/mol. The van der Waals surface area contributed by atoms with E-state index in [1.54, 1.807) is 0 Å². The van der Waals surface area contributed by atoms with Crippen molar-refractivity contribution in [3.8, 4) is 0 Å². The molecule has 1 heterocycles. The van der Waals surface area contributed by atoms with E-state index in [1.807, 2.05) is 0 Å². The average Bonchev–Trinajstić information content (AvgIpc) is 2.16. The van der Waals surface area contributed by atoms with Crippen LogP contribution in [0, 0.1) is 0 Å². The molecule has 1 fully saturated rings. The van der Waals surface area contributed by atoms with Gasteiger partial charge in [-0.1, -0.05) is 5.04 Å². The second-order valence-corrected chi connectivity index (χ2v) is 1.72. The Morgan fingerprint density at radius 1 is 1.44 bits per heavy atom. The van der Waals surface area contributed by atoms with E-state index < -0.39 is 5.97 Å². The highest BCUT2D eigenvalue weighted by Gasteiger charge is 2.33. The van der Waals surface area contributed by atoms with E-state index in [1.165, 1.54) is 6.92 Å². The monoisotopic (exact) mass is 136 g/mol. The van der Waals surface area contributed by atoms with Crippen LogP contribution in [0.4, 0.5) is 0 Å². The fraction of sp³-hybridized carbons (Fsp3) is 1.00. The Morgan fingerprint density at radius 2 is 2.00 bits per heavy atom. The van der Waals surface area contributed by atoms with Crippen LogP contribution < -0.4 is 0 Å². The standard InChI is InChI=1S/C4H8O5/c1-4(8-9-5)6-2-3-7-4/h5H,2-3H2,1H3. The van der Waals surface area contributed by atoms with Gasteiger partial charge in [0.25, 0.3) is 0 Å². The summed E-state index contributed by atoms with van der Waals surface area (Å²) in [5.74, 6) is -1.23. The van der Waals surface area contributed by atoms with Crippen molar-refractivity contribution in [3.05, 3.63) is 0 Å². The van der Waals surface area contributed by atoms with Crippen molar-refractivity contribution in [2.24, 2.45) is 0 Å². The number of ether oxygens (including phenoxy) is 2. The molecule has 5 nitrogen and oxygen atoms in total. The third-order valence-electron chi connectivity index (χ3n) is 1.00. The van der Waals surface area contributed by atoms with Gasteiger partial charge in [-0.3, -0.25) is 0 Å². The molecule has 0 aliphatic carbocycles. The first-order valence-electron chi connectivity index (χ1n) is 2.54. The SMILES string of the molecule is CC1(OOO)OCCO1. The molecule has 0 spiro atoms. The molecule has 0 aromatic carbocycles. The van der Waals surface area contributed by atoms with Gasteiger partial charge in [0.1, 0.15) is 0 Å². The van der Waals surface area contributed by atoms with Crippen molar-refractivity contribution < 1.29 is 24.7 Å². The first-order chi connectivity index (χ1) is 4.27. The van der Waals surface area contributed by atoms with E-state index in [9.17, 15) is 0 Å². The maximum Gasteiger partial charge on any atom is 0.312 e. The van der Waals surface area contributed by atoms with Crippen LogP contribution in [-0.2, 0) is 19.4 Å². The first kappa shape index (κ1) is 6.91. The highest BCUT2D eigenvalue weighted by Crippen LogP contribution is 2.19. The van der Waals surface area contributed by atoms with Crippen LogP contribution >= 0.6 is 0 Å². The molecule has 0 unspecified atom stereocenters. The molecule has 0 aromatic rings. The minimum absolute atomic E-state index is 0.444. The van der Waals surface area contributed by atoms with Crippen LogP contribution in [-0.4, -0.2) is 24.4 Å². The van der Waals surface area contributed by atoms with Crippen LogP contribution in [0.5, 0.6) is 0 Å². The lowest BCUT2D eigenvalue weighted by atomic mass is 10.7. The van der Waals surface area contributed by atoms with E-state index in [4.69, 9.17) is 14.7 Å². The zero-order chi connectivity index (χ0) is 6.74. The van der Waals surface area contributed by atoms with Crippen molar-refractivity contribution in [1.82, 2.24) is 0 Å². The van der Waals surface area contributed by atoms with Crippen LogP contribution in [0.25, 0.3) is 0 Å². The highest BCUT2D eigenvalue weighted by atomic mass is 17.5. The fourth-order valence-electron chi connectivity index (χ4n) is 0.612. The lowest BCUT2D eigenvalue weighted by Crippen LogP contribution is -2.28. The van der Waals surface area contributed by atoms with Crippen molar-refractivity contribution >= 4 is 0 Å². The zero-order valence-corrected chi connectivity index (χ0v) is 4.99. The summed E-state index contributed by atoms with van der Waals surface area (Å²) in [6, 6.07) is 0. The second-order valence-electron chi connectivity index (χ2n) is 1.72.